The molecule has 0 spiro atoms. The predicted molar refractivity (Wildman–Crippen MR) is 69.8 cm³/mol. The van der Waals surface area contributed by atoms with Crippen molar-refractivity contribution in [3.05, 3.63) is 29.6 Å². The molecule has 1 aromatic carbocycles. The standard InChI is InChI=1S/C13H18FNOS/c1-17-11-4-3-10(7-11)15-8-9-2-5-13(16)12(14)6-9/h2,5-6,10-11,15-16H,3-4,7-8H2,1H3. The average Bonchev–Trinajstić information content (AvgIpc) is 2.79. The number of rotatable bonds is 4. The molecule has 2 unspecified atom stereocenters. The zero-order valence-electron chi connectivity index (χ0n) is 9.95. The maximum atomic E-state index is 13.1. The Kier molecular flexibility index (Phi) is 4.29. The average molecular weight is 255 g/mol. The molecule has 1 aliphatic carbocycles. The molecule has 0 heterocycles. The molecule has 2 atom stereocenters. The van der Waals surface area contributed by atoms with Crippen LogP contribution in [0.5, 0.6) is 5.75 Å². The van der Waals surface area contributed by atoms with Crippen LogP contribution in [0, 0.1) is 5.82 Å². The van der Waals surface area contributed by atoms with Gasteiger partial charge in [-0.05, 0) is 43.2 Å². The fourth-order valence-corrected chi connectivity index (χ4v) is 3.06. The van der Waals surface area contributed by atoms with Crippen molar-refractivity contribution in [2.24, 2.45) is 0 Å². The molecule has 1 saturated carbocycles. The van der Waals surface area contributed by atoms with Crippen molar-refractivity contribution < 1.29 is 9.50 Å². The maximum Gasteiger partial charge on any atom is 0.165 e. The molecule has 2 rings (SSSR count). The summed E-state index contributed by atoms with van der Waals surface area (Å²) in [6, 6.07) is 5.10. The first kappa shape index (κ1) is 12.7. The number of phenolic OH excluding ortho intramolecular Hbond substituents is 1. The molecule has 17 heavy (non-hydrogen) atoms. The Morgan fingerprint density at radius 3 is 2.94 bits per heavy atom. The topological polar surface area (TPSA) is 32.3 Å². The summed E-state index contributed by atoms with van der Waals surface area (Å²) in [5.74, 6) is -0.824. The summed E-state index contributed by atoms with van der Waals surface area (Å²) < 4.78 is 13.1. The highest BCUT2D eigenvalue weighted by Crippen LogP contribution is 2.28. The minimum Gasteiger partial charge on any atom is -0.505 e. The van der Waals surface area contributed by atoms with Crippen LogP contribution in [0.25, 0.3) is 0 Å². The fraction of sp³-hybridized carbons (Fsp3) is 0.538. The summed E-state index contributed by atoms with van der Waals surface area (Å²) in [5, 5.41) is 13.3. The molecule has 94 valence electrons. The Bertz CT molecular complexity index is 386. The van der Waals surface area contributed by atoms with Gasteiger partial charge in [-0.25, -0.2) is 4.39 Å². The monoisotopic (exact) mass is 255 g/mol. The summed E-state index contributed by atoms with van der Waals surface area (Å²) in [6.45, 7) is 0.670. The second kappa shape index (κ2) is 5.74. The van der Waals surface area contributed by atoms with Crippen LogP contribution in [-0.4, -0.2) is 22.7 Å². The molecule has 1 aliphatic rings. The van der Waals surface area contributed by atoms with Crippen molar-refractivity contribution >= 4 is 11.8 Å². The second-order valence-electron chi connectivity index (χ2n) is 4.53. The lowest BCUT2D eigenvalue weighted by atomic mass is 10.2. The normalized spacial score (nSPS) is 24.1. The number of nitrogens with one attached hydrogen (secondary N) is 1. The molecule has 1 fully saturated rings. The van der Waals surface area contributed by atoms with Crippen LogP contribution in [-0.2, 0) is 6.54 Å². The quantitative estimate of drug-likeness (QED) is 0.867. The zero-order valence-corrected chi connectivity index (χ0v) is 10.8. The third-order valence-electron chi connectivity index (χ3n) is 3.32. The number of aromatic hydroxyl groups is 1. The number of thioether (sulfide) groups is 1. The van der Waals surface area contributed by atoms with Crippen LogP contribution in [0.1, 0.15) is 24.8 Å². The first-order chi connectivity index (χ1) is 8.19. The number of halogens is 1. The molecule has 2 nitrogen and oxygen atoms in total. The highest BCUT2D eigenvalue weighted by atomic mass is 32.2. The van der Waals surface area contributed by atoms with Crippen molar-refractivity contribution in [2.75, 3.05) is 6.26 Å². The van der Waals surface area contributed by atoms with Gasteiger partial charge in [0.2, 0.25) is 0 Å². The van der Waals surface area contributed by atoms with E-state index in [-0.39, 0.29) is 5.75 Å². The highest BCUT2D eigenvalue weighted by molar-refractivity contribution is 7.99. The molecule has 1 aromatic rings. The Morgan fingerprint density at radius 2 is 2.29 bits per heavy atom. The van der Waals surface area contributed by atoms with Crippen LogP contribution < -0.4 is 5.32 Å². The van der Waals surface area contributed by atoms with Crippen molar-refractivity contribution in [1.82, 2.24) is 5.32 Å². The Balaban J connectivity index is 1.84. The van der Waals surface area contributed by atoms with Gasteiger partial charge in [0.25, 0.3) is 0 Å². The van der Waals surface area contributed by atoms with Crippen molar-refractivity contribution in [1.29, 1.82) is 0 Å². The predicted octanol–water partition coefficient (Wildman–Crippen LogP) is 2.91. The van der Waals surface area contributed by atoms with E-state index in [1.165, 1.54) is 31.4 Å². The van der Waals surface area contributed by atoms with Gasteiger partial charge in [-0.2, -0.15) is 11.8 Å². The summed E-state index contributed by atoms with van der Waals surface area (Å²) in [6.07, 6.45) is 5.82. The van der Waals surface area contributed by atoms with Crippen LogP contribution in [0.2, 0.25) is 0 Å². The minimum absolute atomic E-state index is 0.280. The Morgan fingerprint density at radius 1 is 1.47 bits per heavy atom. The first-order valence-corrected chi connectivity index (χ1v) is 7.21. The molecular formula is C13H18FNOS. The van der Waals surface area contributed by atoms with Gasteiger partial charge in [0.1, 0.15) is 0 Å². The van der Waals surface area contributed by atoms with E-state index in [9.17, 15) is 4.39 Å². The van der Waals surface area contributed by atoms with E-state index in [0.29, 0.717) is 12.6 Å². The Labute approximate surface area is 106 Å². The zero-order chi connectivity index (χ0) is 12.3. The van der Waals surface area contributed by atoms with E-state index in [2.05, 4.69) is 11.6 Å². The SMILES string of the molecule is CSC1CCC(NCc2ccc(O)c(F)c2)C1. The summed E-state index contributed by atoms with van der Waals surface area (Å²) in [5.41, 5.74) is 0.882. The second-order valence-corrected chi connectivity index (χ2v) is 5.67. The van der Waals surface area contributed by atoms with Gasteiger partial charge >= 0.3 is 0 Å². The molecule has 0 saturated heterocycles. The molecule has 4 heteroatoms. The number of hydrogen-bond donors (Lipinski definition) is 2. The first-order valence-electron chi connectivity index (χ1n) is 5.92. The van der Waals surface area contributed by atoms with Crippen LogP contribution in [0.4, 0.5) is 4.39 Å². The largest absolute Gasteiger partial charge is 0.505 e. The van der Waals surface area contributed by atoms with E-state index in [4.69, 9.17) is 5.11 Å². The molecule has 2 N–H and O–H groups in total. The van der Waals surface area contributed by atoms with E-state index in [0.717, 1.165) is 10.8 Å². The van der Waals surface area contributed by atoms with E-state index < -0.39 is 5.82 Å². The number of benzene rings is 1. The molecular weight excluding hydrogens is 237 g/mol. The van der Waals surface area contributed by atoms with Crippen molar-refractivity contribution in [3.63, 3.8) is 0 Å². The van der Waals surface area contributed by atoms with Crippen LogP contribution >= 0.6 is 11.8 Å². The van der Waals surface area contributed by atoms with Gasteiger partial charge in [-0.1, -0.05) is 6.07 Å². The van der Waals surface area contributed by atoms with Crippen LogP contribution in [0.3, 0.4) is 0 Å². The molecule has 0 aromatic heterocycles. The van der Waals surface area contributed by atoms with Gasteiger partial charge in [0.15, 0.2) is 11.6 Å². The number of phenols is 1. The molecule has 0 aliphatic heterocycles. The number of hydrogen-bond acceptors (Lipinski definition) is 3. The van der Waals surface area contributed by atoms with E-state index in [1.54, 1.807) is 6.07 Å². The highest BCUT2D eigenvalue weighted by Gasteiger charge is 2.23. The molecule has 0 amide bonds. The fourth-order valence-electron chi connectivity index (χ4n) is 2.26. The minimum atomic E-state index is -0.544. The van der Waals surface area contributed by atoms with Gasteiger partial charge < -0.3 is 10.4 Å². The van der Waals surface area contributed by atoms with Gasteiger partial charge in [0.05, 0.1) is 0 Å². The van der Waals surface area contributed by atoms with Crippen molar-refractivity contribution in [3.8, 4) is 5.75 Å². The molecule has 0 bridgehead atoms. The third-order valence-corrected chi connectivity index (χ3v) is 4.42. The van der Waals surface area contributed by atoms with E-state index in [1.807, 2.05) is 11.8 Å². The third kappa shape index (κ3) is 3.36. The van der Waals surface area contributed by atoms with E-state index >= 15 is 0 Å². The Hall–Kier alpha value is -0.740. The lowest BCUT2D eigenvalue weighted by molar-refractivity contribution is 0.431. The molecule has 0 radical (unpaired) electrons. The van der Waals surface area contributed by atoms with Crippen molar-refractivity contribution in [2.45, 2.75) is 37.1 Å². The lowest BCUT2D eigenvalue weighted by Crippen LogP contribution is -2.26. The smallest absolute Gasteiger partial charge is 0.165 e. The summed E-state index contributed by atoms with van der Waals surface area (Å²) in [4.78, 5) is 0. The lowest BCUT2D eigenvalue weighted by Gasteiger charge is -2.12. The van der Waals surface area contributed by atoms with Gasteiger partial charge in [-0.15, -0.1) is 0 Å². The van der Waals surface area contributed by atoms with Crippen LogP contribution in [0.15, 0.2) is 18.2 Å². The summed E-state index contributed by atoms with van der Waals surface area (Å²) in [7, 11) is 0. The maximum absolute atomic E-state index is 13.1. The summed E-state index contributed by atoms with van der Waals surface area (Å²) >= 11 is 1.93. The van der Waals surface area contributed by atoms with Gasteiger partial charge in [0, 0.05) is 17.8 Å². The van der Waals surface area contributed by atoms with Gasteiger partial charge in [-0.3, -0.25) is 0 Å².